The molecule has 1 N–H and O–H groups in total. The predicted molar refractivity (Wildman–Crippen MR) is 127 cm³/mol. The molecule has 0 saturated heterocycles. The Morgan fingerprint density at radius 1 is 1.03 bits per heavy atom. The van der Waals surface area contributed by atoms with Gasteiger partial charge in [0.2, 0.25) is 5.82 Å². The number of hydrogen-bond acceptors (Lipinski definition) is 5. The van der Waals surface area contributed by atoms with Gasteiger partial charge in [0.15, 0.2) is 5.11 Å². The van der Waals surface area contributed by atoms with Gasteiger partial charge in [0, 0.05) is 12.2 Å². The maximum absolute atomic E-state index is 5.77. The van der Waals surface area contributed by atoms with Gasteiger partial charge in [-0.1, -0.05) is 71.9 Å². The van der Waals surface area contributed by atoms with E-state index in [1.807, 2.05) is 53.9 Å². The number of benzene rings is 2. The first kappa shape index (κ1) is 19.7. The van der Waals surface area contributed by atoms with E-state index in [0.29, 0.717) is 23.4 Å². The van der Waals surface area contributed by atoms with Crippen LogP contribution >= 0.6 is 23.6 Å². The summed E-state index contributed by atoms with van der Waals surface area (Å²) in [5.74, 6) is 1.10. The van der Waals surface area contributed by atoms with Gasteiger partial charge in [-0.2, -0.15) is 4.98 Å². The third kappa shape index (κ3) is 3.89. The van der Waals surface area contributed by atoms with Gasteiger partial charge in [0.25, 0.3) is 5.89 Å². The fraction of sp³-hybridized carbons (Fsp3) is 0.125. The van der Waals surface area contributed by atoms with E-state index in [1.165, 1.54) is 5.56 Å². The Bertz CT molecular complexity index is 1220. The standard InChI is InChI=1S/C24H20N4OS2/c1-16-20(23-26-22(27-29-23)19-13-8-14-31-19)21(18-11-6-3-7-12-18)25-24(30)28(16)15-17-9-4-2-5-10-17/h2-14,21H,15H2,1H3,(H,25,30). The lowest BCUT2D eigenvalue weighted by Gasteiger charge is -2.37. The van der Waals surface area contributed by atoms with Crippen molar-refractivity contribution in [1.29, 1.82) is 0 Å². The van der Waals surface area contributed by atoms with Gasteiger partial charge in [0.1, 0.15) is 0 Å². The second-order valence-corrected chi connectivity index (χ2v) is 8.60. The molecule has 1 unspecified atom stereocenters. The van der Waals surface area contributed by atoms with Crippen LogP contribution in [0.4, 0.5) is 0 Å². The van der Waals surface area contributed by atoms with Gasteiger partial charge in [-0.05, 0) is 41.7 Å². The fourth-order valence-corrected chi connectivity index (χ4v) is 4.72. The van der Waals surface area contributed by atoms with E-state index in [2.05, 4.69) is 46.6 Å². The van der Waals surface area contributed by atoms with E-state index < -0.39 is 0 Å². The molecule has 3 heterocycles. The van der Waals surface area contributed by atoms with Crippen LogP contribution in [-0.2, 0) is 6.54 Å². The first-order chi connectivity index (χ1) is 15.2. The Hall–Kier alpha value is -3.29. The first-order valence-corrected chi connectivity index (χ1v) is 11.2. The minimum atomic E-state index is -0.169. The zero-order chi connectivity index (χ0) is 21.2. The second kappa shape index (κ2) is 8.45. The zero-order valence-corrected chi connectivity index (χ0v) is 18.5. The molecule has 0 saturated carbocycles. The molecule has 0 spiro atoms. The molecule has 1 aliphatic rings. The third-order valence-corrected chi connectivity index (χ3v) is 6.51. The highest BCUT2D eigenvalue weighted by atomic mass is 32.1. The minimum absolute atomic E-state index is 0.169. The molecule has 0 radical (unpaired) electrons. The van der Waals surface area contributed by atoms with Crippen molar-refractivity contribution in [2.75, 3.05) is 0 Å². The third-order valence-electron chi connectivity index (χ3n) is 5.31. The monoisotopic (exact) mass is 444 g/mol. The Kier molecular flexibility index (Phi) is 5.36. The van der Waals surface area contributed by atoms with Crippen molar-refractivity contribution in [2.24, 2.45) is 0 Å². The fourth-order valence-electron chi connectivity index (χ4n) is 3.75. The summed E-state index contributed by atoms with van der Waals surface area (Å²) < 4.78 is 5.76. The van der Waals surface area contributed by atoms with E-state index in [0.717, 1.165) is 21.7 Å². The number of nitrogens with one attached hydrogen (secondary N) is 1. The van der Waals surface area contributed by atoms with Crippen LogP contribution in [-0.4, -0.2) is 20.2 Å². The normalized spacial score (nSPS) is 16.5. The summed E-state index contributed by atoms with van der Waals surface area (Å²) >= 11 is 7.36. The molecule has 2 aromatic carbocycles. The molecule has 5 nitrogen and oxygen atoms in total. The highest BCUT2D eigenvalue weighted by Gasteiger charge is 2.34. The summed E-state index contributed by atoms with van der Waals surface area (Å²) in [6.07, 6.45) is 0. The molecule has 0 amide bonds. The summed E-state index contributed by atoms with van der Waals surface area (Å²) in [4.78, 5) is 7.80. The van der Waals surface area contributed by atoms with Gasteiger partial charge >= 0.3 is 0 Å². The van der Waals surface area contributed by atoms with E-state index in [4.69, 9.17) is 21.7 Å². The number of rotatable bonds is 5. The van der Waals surface area contributed by atoms with Crippen LogP contribution < -0.4 is 5.32 Å². The lowest BCUT2D eigenvalue weighted by Crippen LogP contribution is -2.45. The number of aromatic nitrogens is 2. The highest BCUT2D eigenvalue weighted by molar-refractivity contribution is 7.80. The Morgan fingerprint density at radius 2 is 1.77 bits per heavy atom. The molecule has 1 aliphatic heterocycles. The summed E-state index contributed by atoms with van der Waals surface area (Å²) in [5.41, 5.74) is 4.21. The number of thiocarbonyl (C=S) groups is 1. The molecule has 0 bridgehead atoms. The van der Waals surface area contributed by atoms with Crippen molar-refractivity contribution < 1.29 is 4.52 Å². The molecule has 1 atom stereocenters. The number of thiophene rings is 1. The van der Waals surface area contributed by atoms with Crippen LogP contribution in [0.1, 0.15) is 30.0 Å². The van der Waals surface area contributed by atoms with Crippen LogP contribution in [0.5, 0.6) is 0 Å². The van der Waals surface area contributed by atoms with Crippen molar-refractivity contribution >= 4 is 34.2 Å². The summed E-state index contributed by atoms with van der Waals surface area (Å²) in [6.45, 7) is 2.73. The van der Waals surface area contributed by atoms with Gasteiger partial charge in [-0.3, -0.25) is 0 Å². The van der Waals surface area contributed by atoms with Crippen molar-refractivity contribution in [1.82, 2.24) is 20.4 Å². The quantitative estimate of drug-likeness (QED) is 0.401. The lowest BCUT2D eigenvalue weighted by molar-refractivity contribution is 0.396. The topological polar surface area (TPSA) is 54.2 Å². The second-order valence-electron chi connectivity index (χ2n) is 7.26. The van der Waals surface area contributed by atoms with E-state index in [1.54, 1.807) is 11.3 Å². The number of nitrogens with zero attached hydrogens (tertiary/aromatic N) is 3. The molecular weight excluding hydrogens is 424 g/mol. The van der Waals surface area contributed by atoms with Gasteiger partial charge < -0.3 is 14.7 Å². The van der Waals surface area contributed by atoms with Crippen LogP contribution in [0.3, 0.4) is 0 Å². The van der Waals surface area contributed by atoms with Crippen LogP contribution in [0.2, 0.25) is 0 Å². The average molecular weight is 445 g/mol. The molecule has 0 fully saturated rings. The zero-order valence-electron chi connectivity index (χ0n) is 16.9. The predicted octanol–water partition coefficient (Wildman–Crippen LogP) is 5.66. The molecule has 5 rings (SSSR count). The van der Waals surface area contributed by atoms with E-state index in [9.17, 15) is 0 Å². The smallest absolute Gasteiger partial charge is 0.258 e. The first-order valence-electron chi connectivity index (χ1n) is 9.96. The number of hydrogen-bond donors (Lipinski definition) is 1. The van der Waals surface area contributed by atoms with Crippen LogP contribution in [0.15, 0.2) is 88.4 Å². The Labute approximate surface area is 190 Å². The average Bonchev–Trinajstić information content (AvgIpc) is 3.50. The van der Waals surface area contributed by atoms with Crippen molar-refractivity contribution in [3.05, 3.63) is 101 Å². The van der Waals surface area contributed by atoms with Gasteiger partial charge in [-0.25, -0.2) is 0 Å². The maximum Gasteiger partial charge on any atom is 0.258 e. The molecule has 7 heteroatoms. The summed E-state index contributed by atoms with van der Waals surface area (Å²) in [5, 5.41) is 10.4. The summed E-state index contributed by atoms with van der Waals surface area (Å²) in [6, 6.07) is 24.3. The van der Waals surface area contributed by atoms with E-state index >= 15 is 0 Å². The lowest BCUT2D eigenvalue weighted by atomic mass is 9.94. The maximum atomic E-state index is 5.77. The molecule has 31 heavy (non-hydrogen) atoms. The molecule has 4 aromatic rings. The van der Waals surface area contributed by atoms with E-state index in [-0.39, 0.29) is 6.04 Å². The van der Waals surface area contributed by atoms with Crippen LogP contribution in [0.25, 0.3) is 16.3 Å². The number of allylic oxidation sites excluding steroid dienone is 1. The SMILES string of the molecule is CC1=C(c2nc(-c3cccs3)no2)C(c2ccccc2)NC(=S)N1Cc1ccccc1. The molecule has 2 aromatic heterocycles. The van der Waals surface area contributed by atoms with Crippen molar-refractivity contribution in [2.45, 2.75) is 19.5 Å². The molecular formula is C24H20N4OS2. The highest BCUT2D eigenvalue weighted by Crippen LogP contribution is 2.38. The summed E-state index contributed by atoms with van der Waals surface area (Å²) in [7, 11) is 0. The van der Waals surface area contributed by atoms with Gasteiger partial charge in [-0.15, -0.1) is 11.3 Å². The van der Waals surface area contributed by atoms with Crippen LogP contribution in [0, 0.1) is 0 Å². The Morgan fingerprint density at radius 3 is 2.48 bits per heavy atom. The van der Waals surface area contributed by atoms with Crippen molar-refractivity contribution in [3.8, 4) is 10.7 Å². The van der Waals surface area contributed by atoms with Crippen molar-refractivity contribution in [3.63, 3.8) is 0 Å². The molecule has 154 valence electrons. The Balaban J connectivity index is 1.60. The minimum Gasteiger partial charge on any atom is -0.351 e. The molecule has 0 aliphatic carbocycles. The van der Waals surface area contributed by atoms with Gasteiger partial charge in [0.05, 0.1) is 16.5 Å². The largest absolute Gasteiger partial charge is 0.351 e.